The Hall–Kier alpha value is 1.36. The van der Waals surface area contributed by atoms with E-state index in [4.69, 9.17) is 13.3 Å². The Morgan fingerprint density at radius 2 is 1.08 bits per heavy atom. The molecule has 0 fully saturated rings. The van der Waals surface area contributed by atoms with Crippen molar-refractivity contribution in [1.82, 2.24) is 0 Å². The molecule has 0 N–H and O–H groups in total. The van der Waals surface area contributed by atoms with Crippen molar-refractivity contribution in [2.75, 3.05) is 19.8 Å². The van der Waals surface area contributed by atoms with Crippen LogP contribution < -0.4 is 0 Å². The molecule has 78 valence electrons. The van der Waals surface area contributed by atoms with Crippen LogP contribution in [-0.4, -0.2) is 66.4 Å². The van der Waals surface area contributed by atoms with Crippen LogP contribution in [0.2, 0.25) is 6.04 Å². The normalized spacial score (nSPS) is 11.1. The molecule has 0 amide bonds. The van der Waals surface area contributed by atoms with Gasteiger partial charge in [-0.05, 0) is 20.8 Å². The van der Waals surface area contributed by atoms with Gasteiger partial charge in [-0.15, -0.1) is 0 Å². The van der Waals surface area contributed by atoms with Gasteiger partial charge in [-0.1, -0.05) is 6.92 Å². The van der Waals surface area contributed by atoms with Gasteiger partial charge < -0.3 is 13.3 Å². The third kappa shape index (κ3) is 6.44. The van der Waals surface area contributed by atoms with Gasteiger partial charge in [-0.3, -0.25) is 0 Å². The Morgan fingerprint density at radius 3 is 1.23 bits per heavy atom. The summed E-state index contributed by atoms with van der Waals surface area (Å²) >= 11 is 0. The van der Waals surface area contributed by atoms with Crippen LogP contribution >= 0.6 is 0 Å². The van der Waals surface area contributed by atoms with Crippen molar-refractivity contribution >= 4 is 46.5 Å². The Kier molecular flexibility index (Phi) is 12.8. The summed E-state index contributed by atoms with van der Waals surface area (Å²) in [5.41, 5.74) is 0. The zero-order valence-corrected chi connectivity index (χ0v) is 9.55. The summed E-state index contributed by atoms with van der Waals surface area (Å²) in [6.45, 7) is 9.95. The third-order valence-corrected chi connectivity index (χ3v) is 4.58. The Morgan fingerprint density at radius 1 is 0.769 bits per heavy atom. The van der Waals surface area contributed by atoms with Gasteiger partial charge in [0, 0.05) is 25.9 Å². The fourth-order valence-electron chi connectivity index (χ4n) is 1.09. The molecule has 0 spiro atoms. The fraction of sp³-hybridized carbons (Fsp3) is 1.00. The summed E-state index contributed by atoms with van der Waals surface area (Å²) in [4.78, 5) is 0. The molecular weight excluding hydrogens is 212 g/mol. The van der Waals surface area contributed by atoms with Gasteiger partial charge in [-0.2, -0.15) is 0 Å². The number of hydrogen-bond donors (Lipinski definition) is 0. The molecule has 0 radical (unpaired) electrons. The molecule has 0 rings (SSSR count). The first-order chi connectivity index (χ1) is 5.74. The van der Waals surface area contributed by atoms with Crippen molar-refractivity contribution in [3.8, 4) is 0 Å². The number of hydrogen-bond acceptors (Lipinski definition) is 3. The van der Waals surface area contributed by atoms with E-state index < -0.39 is 8.80 Å². The van der Waals surface area contributed by atoms with Gasteiger partial charge >= 0.3 is 46.5 Å². The Bertz CT molecular complexity index is 96.5. The van der Waals surface area contributed by atoms with Crippen LogP contribution in [0.15, 0.2) is 0 Å². The van der Waals surface area contributed by atoms with E-state index in [-0.39, 0.29) is 37.7 Å². The second-order valence-corrected chi connectivity index (χ2v) is 5.27. The minimum atomic E-state index is -2.27. The van der Waals surface area contributed by atoms with Crippen LogP contribution in [0.25, 0.3) is 0 Å². The fourth-order valence-corrected chi connectivity index (χ4v) is 3.27. The van der Waals surface area contributed by atoms with E-state index >= 15 is 0 Å². The molecule has 0 saturated carbocycles. The number of rotatable bonds is 7. The van der Waals surface area contributed by atoms with Gasteiger partial charge in [0.25, 0.3) is 0 Å². The van der Waals surface area contributed by atoms with Gasteiger partial charge in [0.2, 0.25) is 0 Å². The maximum absolute atomic E-state index is 5.55. The first-order valence-corrected chi connectivity index (χ1v) is 6.59. The van der Waals surface area contributed by atoms with Crippen LogP contribution in [0, 0.1) is 0 Å². The van der Waals surface area contributed by atoms with E-state index in [0.717, 1.165) is 6.04 Å². The molecule has 0 saturated heterocycles. The van der Waals surface area contributed by atoms with Crippen molar-refractivity contribution < 1.29 is 13.3 Å². The van der Waals surface area contributed by atoms with Crippen molar-refractivity contribution in [2.45, 2.75) is 33.7 Å². The summed E-state index contributed by atoms with van der Waals surface area (Å²) in [5, 5.41) is 0. The van der Waals surface area contributed by atoms with E-state index in [1.807, 2.05) is 27.7 Å². The predicted octanol–water partition coefficient (Wildman–Crippen LogP) is 1.14. The summed E-state index contributed by atoms with van der Waals surface area (Å²) in [7, 11) is -2.27. The predicted molar refractivity (Wildman–Crippen MR) is 59.7 cm³/mol. The van der Waals surface area contributed by atoms with E-state index in [1.54, 1.807) is 0 Å². The van der Waals surface area contributed by atoms with Gasteiger partial charge in [0.15, 0.2) is 0 Å². The second kappa shape index (κ2) is 9.89. The molecular formula is C8H22CaO3Si. The summed E-state index contributed by atoms with van der Waals surface area (Å²) < 4.78 is 16.7. The molecule has 5 heteroatoms. The zero-order valence-electron chi connectivity index (χ0n) is 8.55. The van der Waals surface area contributed by atoms with Crippen LogP contribution in [0.3, 0.4) is 0 Å². The van der Waals surface area contributed by atoms with Gasteiger partial charge in [0.1, 0.15) is 0 Å². The van der Waals surface area contributed by atoms with E-state index in [2.05, 4.69) is 0 Å². The molecule has 0 aliphatic rings. The SMILES string of the molecule is CCO[Si](CC)(OCC)OCC.[CaH2]. The van der Waals surface area contributed by atoms with Gasteiger partial charge in [-0.25, -0.2) is 0 Å². The topological polar surface area (TPSA) is 27.7 Å². The van der Waals surface area contributed by atoms with Crippen molar-refractivity contribution in [1.29, 1.82) is 0 Å². The molecule has 0 bridgehead atoms. The van der Waals surface area contributed by atoms with Crippen LogP contribution in [0.5, 0.6) is 0 Å². The molecule has 0 aliphatic carbocycles. The molecule has 0 aliphatic heterocycles. The standard InChI is InChI=1S/C8H20O3Si.Ca.2H/c1-5-9-12(8-4,10-6-2)11-7-3;;;/h5-8H2,1-4H3;;;. The monoisotopic (exact) mass is 234 g/mol. The van der Waals surface area contributed by atoms with Crippen LogP contribution in [0.1, 0.15) is 27.7 Å². The summed E-state index contributed by atoms with van der Waals surface area (Å²) in [6, 6.07) is 0.850. The quantitative estimate of drug-likeness (QED) is 0.618. The Balaban J connectivity index is 0. The van der Waals surface area contributed by atoms with Crippen molar-refractivity contribution in [3.05, 3.63) is 0 Å². The van der Waals surface area contributed by atoms with Gasteiger partial charge in [0.05, 0.1) is 0 Å². The van der Waals surface area contributed by atoms with Crippen molar-refractivity contribution in [3.63, 3.8) is 0 Å². The average Bonchev–Trinajstić information content (AvgIpc) is 2.06. The molecule has 0 atom stereocenters. The first kappa shape index (κ1) is 16.8. The van der Waals surface area contributed by atoms with E-state index in [0.29, 0.717) is 19.8 Å². The van der Waals surface area contributed by atoms with Crippen LogP contribution in [0.4, 0.5) is 0 Å². The molecule has 3 nitrogen and oxygen atoms in total. The molecule has 13 heavy (non-hydrogen) atoms. The zero-order chi connectivity index (χ0) is 9.45. The summed E-state index contributed by atoms with van der Waals surface area (Å²) in [5.74, 6) is 0. The van der Waals surface area contributed by atoms with Crippen molar-refractivity contribution in [2.24, 2.45) is 0 Å². The summed E-state index contributed by atoms with van der Waals surface area (Å²) in [6.07, 6.45) is 0. The molecule has 0 aromatic carbocycles. The van der Waals surface area contributed by atoms with E-state index in [9.17, 15) is 0 Å². The second-order valence-electron chi connectivity index (χ2n) is 2.34. The molecule has 0 aromatic heterocycles. The average molecular weight is 234 g/mol. The minimum absolute atomic E-state index is 0. The molecule has 0 unspecified atom stereocenters. The maximum atomic E-state index is 5.55. The molecule has 0 aromatic rings. The molecule has 0 heterocycles. The third-order valence-electron chi connectivity index (χ3n) is 1.53. The Labute approximate surface area is 113 Å². The van der Waals surface area contributed by atoms with Crippen LogP contribution in [-0.2, 0) is 13.3 Å². The van der Waals surface area contributed by atoms with E-state index in [1.165, 1.54) is 0 Å². The first-order valence-electron chi connectivity index (χ1n) is 4.66.